The van der Waals surface area contributed by atoms with Crippen LogP contribution in [0.4, 0.5) is 0 Å². The monoisotopic (exact) mass is 253 g/mol. The van der Waals surface area contributed by atoms with E-state index in [0.29, 0.717) is 6.85 Å². The van der Waals surface area contributed by atoms with E-state index in [1.54, 1.807) is 0 Å². The molecule has 2 N–H and O–H groups in total. The lowest BCUT2D eigenvalue weighted by molar-refractivity contribution is 0.565. The van der Waals surface area contributed by atoms with Gasteiger partial charge in [0.1, 0.15) is 0 Å². The Labute approximate surface area is 116 Å². The summed E-state index contributed by atoms with van der Waals surface area (Å²) in [6, 6.07) is 0. The van der Waals surface area contributed by atoms with Gasteiger partial charge in [0.25, 0.3) is 0 Å². The van der Waals surface area contributed by atoms with Gasteiger partial charge in [-0.05, 0) is 11.6 Å². The van der Waals surface area contributed by atoms with Crippen LogP contribution in [-0.2, 0) is 0 Å². The summed E-state index contributed by atoms with van der Waals surface area (Å²) in [6.07, 6.45) is 13.2. The topological polar surface area (TPSA) is 26.0 Å². The van der Waals surface area contributed by atoms with E-state index in [9.17, 15) is 0 Å². The Morgan fingerprint density at radius 2 is 1.06 bits per heavy atom. The minimum atomic E-state index is 0.447. The molecule has 0 aliphatic carbocycles. The van der Waals surface area contributed by atoms with Crippen molar-refractivity contribution in [3.8, 4) is 0 Å². The Morgan fingerprint density at radius 3 is 1.33 bits per heavy atom. The van der Waals surface area contributed by atoms with Gasteiger partial charge < -0.3 is 5.64 Å². The quantitative estimate of drug-likeness (QED) is 0.446. The van der Waals surface area contributed by atoms with Crippen LogP contribution in [0.15, 0.2) is 0 Å². The predicted octanol–water partition coefficient (Wildman–Crippen LogP) is 5.66. The van der Waals surface area contributed by atoms with Crippen LogP contribution in [0.3, 0.4) is 0 Å². The summed E-state index contributed by atoms with van der Waals surface area (Å²) in [5.41, 5.74) is 6.62. The SMILES string of the molecule is CCCCC(CCC)B(N)C(CCC)CCCC. The van der Waals surface area contributed by atoms with E-state index in [1.165, 1.54) is 64.2 Å². The average molecular weight is 253 g/mol. The summed E-state index contributed by atoms with van der Waals surface area (Å²) >= 11 is 0. The zero-order valence-electron chi connectivity index (χ0n) is 13.4. The molecule has 0 rings (SSSR count). The van der Waals surface area contributed by atoms with Crippen molar-refractivity contribution in [1.29, 1.82) is 0 Å². The van der Waals surface area contributed by atoms with Crippen LogP contribution in [-0.4, -0.2) is 6.85 Å². The largest absolute Gasteiger partial charge is 0.369 e. The van der Waals surface area contributed by atoms with Gasteiger partial charge in [0.05, 0.1) is 0 Å². The second-order valence-electron chi connectivity index (χ2n) is 5.96. The van der Waals surface area contributed by atoms with E-state index in [-0.39, 0.29) is 0 Å². The van der Waals surface area contributed by atoms with Gasteiger partial charge in [-0.15, -0.1) is 0 Å². The van der Waals surface area contributed by atoms with E-state index >= 15 is 0 Å². The molecule has 0 aliphatic rings. The zero-order valence-corrected chi connectivity index (χ0v) is 13.4. The van der Waals surface area contributed by atoms with Crippen molar-refractivity contribution in [2.24, 2.45) is 5.64 Å². The first-order chi connectivity index (χ1) is 8.71. The summed E-state index contributed by atoms with van der Waals surface area (Å²) in [4.78, 5) is 0. The molecule has 0 radical (unpaired) electrons. The summed E-state index contributed by atoms with van der Waals surface area (Å²) in [7, 11) is 0. The lowest BCUT2D eigenvalue weighted by Crippen LogP contribution is -2.37. The van der Waals surface area contributed by atoms with Crippen molar-refractivity contribution in [2.75, 3.05) is 0 Å². The van der Waals surface area contributed by atoms with Gasteiger partial charge in [-0.2, -0.15) is 0 Å². The molecule has 0 saturated carbocycles. The number of hydrogen-bond acceptors (Lipinski definition) is 1. The second kappa shape index (κ2) is 12.1. The van der Waals surface area contributed by atoms with Crippen molar-refractivity contribution < 1.29 is 0 Å². The Morgan fingerprint density at radius 1 is 0.667 bits per heavy atom. The van der Waals surface area contributed by atoms with Gasteiger partial charge in [-0.1, -0.05) is 91.9 Å². The zero-order chi connectivity index (χ0) is 13.8. The fourth-order valence-corrected chi connectivity index (χ4v) is 3.12. The Bertz CT molecular complexity index is 154. The van der Waals surface area contributed by atoms with E-state index in [2.05, 4.69) is 27.7 Å². The van der Waals surface area contributed by atoms with E-state index in [0.717, 1.165) is 11.6 Å². The Hall–Kier alpha value is 0.0249. The van der Waals surface area contributed by atoms with Crippen molar-refractivity contribution in [1.82, 2.24) is 0 Å². The van der Waals surface area contributed by atoms with Gasteiger partial charge in [-0.3, -0.25) is 0 Å². The second-order valence-corrected chi connectivity index (χ2v) is 5.96. The molecule has 0 aromatic rings. The van der Waals surface area contributed by atoms with Gasteiger partial charge in [0.2, 0.25) is 6.85 Å². The summed E-state index contributed by atoms with van der Waals surface area (Å²) in [5.74, 6) is 1.53. The summed E-state index contributed by atoms with van der Waals surface area (Å²) in [5, 5.41) is 0. The van der Waals surface area contributed by atoms with E-state index < -0.39 is 0 Å². The van der Waals surface area contributed by atoms with Crippen molar-refractivity contribution in [3.05, 3.63) is 0 Å². The van der Waals surface area contributed by atoms with Gasteiger partial charge in [-0.25, -0.2) is 0 Å². The van der Waals surface area contributed by atoms with Crippen molar-refractivity contribution >= 4 is 6.85 Å². The van der Waals surface area contributed by atoms with Crippen LogP contribution in [0, 0.1) is 0 Å². The summed E-state index contributed by atoms with van der Waals surface area (Å²) in [6.45, 7) is 9.62. The predicted molar refractivity (Wildman–Crippen MR) is 86.3 cm³/mol. The molecular formula is C16H36BN. The number of unbranched alkanes of at least 4 members (excludes halogenated alkanes) is 2. The molecule has 0 spiro atoms. The highest BCUT2D eigenvalue weighted by molar-refractivity contribution is 6.58. The van der Waals surface area contributed by atoms with E-state index in [1.807, 2.05) is 0 Å². The van der Waals surface area contributed by atoms with Crippen LogP contribution in [0.5, 0.6) is 0 Å². The number of nitrogens with two attached hydrogens (primary N) is 1. The van der Waals surface area contributed by atoms with Gasteiger partial charge >= 0.3 is 0 Å². The minimum Gasteiger partial charge on any atom is -0.369 e. The molecule has 0 saturated heterocycles. The van der Waals surface area contributed by atoms with Crippen LogP contribution in [0.2, 0.25) is 11.6 Å². The van der Waals surface area contributed by atoms with Crippen molar-refractivity contribution in [3.63, 3.8) is 0 Å². The molecule has 0 bridgehead atoms. The van der Waals surface area contributed by atoms with Crippen LogP contribution >= 0.6 is 0 Å². The summed E-state index contributed by atoms with van der Waals surface area (Å²) < 4.78 is 0. The highest BCUT2D eigenvalue weighted by Crippen LogP contribution is 2.33. The lowest BCUT2D eigenvalue weighted by Gasteiger charge is -2.28. The number of hydrogen-bond donors (Lipinski definition) is 1. The first kappa shape index (κ1) is 18.0. The average Bonchev–Trinajstić information content (AvgIpc) is 2.38. The van der Waals surface area contributed by atoms with Gasteiger partial charge in [0, 0.05) is 0 Å². The van der Waals surface area contributed by atoms with Crippen LogP contribution in [0.1, 0.15) is 91.9 Å². The maximum absolute atomic E-state index is 6.62. The highest BCUT2D eigenvalue weighted by Gasteiger charge is 2.28. The van der Waals surface area contributed by atoms with Crippen LogP contribution in [0.25, 0.3) is 0 Å². The van der Waals surface area contributed by atoms with Gasteiger partial charge in [0.15, 0.2) is 0 Å². The maximum atomic E-state index is 6.62. The molecule has 0 aromatic heterocycles. The Balaban J connectivity index is 4.38. The standard InChI is InChI=1S/C16H36BN/c1-5-9-13-15(11-7-3)17(18)16(12-8-4)14-10-6-2/h15-16H,5-14,18H2,1-4H3. The third kappa shape index (κ3) is 7.46. The fourth-order valence-electron chi connectivity index (χ4n) is 3.12. The molecule has 2 heteroatoms. The smallest absolute Gasteiger partial charge is 0.224 e. The Kier molecular flexibility index (Phi) is 12.1. The molecular weight excluding hydrogens is 217 g/mol. The maximum Gasteiger partial charge on any atom is 0.224 e. The molecule has 2 unspecified atom stereocenters. The van der Waals surface area contributed by atoms with Crippen molar-refractivity contribution in [2.45, 2.75) is 104 Å². The first-order valence-corrected chi connectivity index (χ1v) is 8.46. The molecule has 0 amide bonds. The van der Waals surface area contributed by atoms with E-state index in [4.69, 9.17) is 5.64 Å². The molecule has 0 aromatic carbocycles. The molecule has 2 atom stereocenters. The molecule has 0 heterocycles. The number of rotatable bonds is 12. The fraction of sp³-hybridized carbons (Fsp3) is 1.00. The minimum absolute atomic E-state index is 0.447. The molecule has 108 valence electrons. The third-order valence-corrected chi connectivity index (χ3v) is 4.26. The molecule has 1 nitrogen and oxygen atoms in total. The highest BCUT2D eigenvalue weighted by atomic mass is 14.5. The van der Waals surface area contributed by atoms with Crippen LogP contribution < -0.4 is 5.64 Å². The lowest BCUT2D eigenvalue weighted by atomic mass is 9.40. The molecule has 0 aliphatic heterocycles. The molecule has 18 heavy (non-hydrogen) atoms. The molecule has 0 fully saturated rings. The first-order valence-electron chi connectivity index (χ1n) is 8.46. The third-order valence-electron chi connectivity index (χ3n) is 4.26. The normalized spacial score (nSPS) is 14.5.